The Bertz CT molecular complexity index is 709. The standard InChI is InChI=1S/C10H10N4O4S/c11-6-1-2-8(10(15)16)9(3-6)19(17,18)14-7-4-12-13-5-7/h1-5,14H,11H2,(H,12,13)(H,15,16). The van der Waals surface area contributed by atoms with Crippen LogP contribution in [0.15, 0.2) is 35.5 Å². The number of nitrogens with zero attached hydrogens (tertiary/aromatic N) is 1. The molecule has 1 aromatic heterocycles. The second kappa shape index (κ2) is 4.61. The number of sulfonamides is 1. The SMILES string of the molecule is Nc1ccc(C(=O)O)c(S(=O)(=O)Nc2cn[nH]c2)c1. The Labute approximate surface area is 108 Å². The number of aromatic carboxylic acids is 1. The Morgan fingerprint density at radius 3 is 2.74 bits per heavy atom. The van der Waals surface area contributed by atoms with Crippen molar-refractivity contribution in [3.63, 3.8) is 0 Å². The summed E-state index contributed by atoms with van der Waals surface area (Å²) in [7, 11) is -4.05. The highest BCUT2D eigenvalue weighted by atomic mass is 32.2. The van der Waals surface area contributed by atoms with Gasteiger partial charge in [0.25, 0.3) is 10.0 Å². The topological polar surface area (TPSA) is 138 Å². The van der Waals surface area contributed by atoms with Crippen LogP contribution in [-0.2, 0) is 10.0 Å². The maximum absolute atomic E-state index is 12.1. The monoisotopic (exact) mass is 282 g/mol. The summed E-state index contributed by atoms with van der Waals surface area (Å²) in [6.07, 6.45) is 2.58. The zero-order valence-corrected chi connectivity index (χ0v) is 10.3. The summed E-state index contributed by atoms with van der Waals surface area (Å²) in [4.78, 5) is 10.6. The van der Waals surface area contributed by atoms with E-state index in [1.54, 1.807) is 0 Å². The number of hydrogen-bond donors (Lipinski definition) is 4. The molecule has 0 aliphatic rings. The van der Waals surface area contributed by atoms with Crippen LogP contribution in [0.1, 0.15) is 10.4 Å². The number of aromatic amines is 1. The predicted octanol–water partition coefficient (Wildman–Crippen LogP) is 0.491. The van der Waals surface area contributed by atoms with Crippen molar-refractivity contribution in [2.45, 2.75) is 4.90 Å². The maximum Gasteiger partial charge on any atom is 0.337 e. The largest absolute Gasteiger partial charge is 0.478 e. The van der Waals surface area contributed by atoms with Gasteiger partial charge in [0.05, 0.1) is 17.4 Å². The first kappa shape index (κ1) is 12.9. The van der Waals surface area contributed by atoms with E-state index in [0.717, 1.165) is 12.1 Å². The summed E-state index contributed by atoms with van der Waals surface area (Å²) < 4.78 is 26.4. The number of aromatic nitrogens is 2. The van der Waals surface area contributed by atoms with E-state index in [1.165, 1.54) is 18.5 Å². The number of anilines is 2. The molecule has 2 rings (SSSR count). The summed E-state index contributed by atoms with van der Waals surface area (Å²) in [5.41, 5.74) is 5.48. The third-order valence-electron chi connectivity index (χ3n) is 2.28. The van der Waals surface area contributed by atoms with Crippen molar-refractivity contribution in [1.29, 1.82) is 0 Å². The zero-order chi connectivity index (χ0) is 14.0. The second-order valence-electron chi connectivity index (χ2n) is 3.65. The molecule has 100 valence electrons. The number of rotatable bonds is 4. The third kappa shape index (κ3) is 2.65. The van der Waals surface area contributed by atoms with Crippen molar-refractivity contribution in [2.75, 3.05) is 10.5 Å². The average Bonchev–Trinajstić information content (AvgIpc) is 2.80. The fraction of sp³-hybridized carbons (Fsp3) is 0. The minimum atomic E-state index is -4.05. The number of benzene rings is 1. The zero-order valence-electron chi connectivity index (χ0n) is 9.49. The summed E-state index contributed by atoms with van der Waals surface area (Å²) in [6, 6.07) is 3.55. The molecule has 2 aromatic rings. The minimum Gasteiger partial charge on any atom is -0.478 e. The van der Waals surface area contributed by atoms with Crippen LogP contribution < -0.4 is 10.5 Å². The first-order valence-corrected chi connectivity index (χ1v) is 6.53. The van der Waals surface area contributed by atoms with Crippen LogP contribution in [-0.4, -0.2) is 29.7 Å². The molecule has 0 bridgehead atoms. The Morgan fingerprint density at radius 1 is 1.42 bits per heavy atom. The fourth-order valence-corrected chi connectivity index (χ4v) is 2.72. The van der Waals surface area contributed by atoms with Gasteiger partial charge in [-0.1, -0.05) is 0 Å². The number of carbonyl (C=O) groups is 1. The van der Waals surface area contributed by atoms with Gasteiger partial charge >= 0.3 is 5.97 Å². The molecule has 0 aliphatic heterocycles. The smallest absolute Gasteiger partial charge is 0.337 e. The molecule has 0 unspecified atom stereocenters. The van der Waals surface area contributed by atoms with E-state index in [9.17, 15) is 13.2 Å². The minimum absolute atomic E-state index is 0.151. The lowest BCUT2D eigenvalue weighted by molar-refractivity contribution is 0.0692. The van der Waals surface area contributed by atoms with Gasteiger partial charge in [0, 0.05) is 11.9 Å². The first-order chi connectivity index (χ1) is 8.90. The van der Waals surface area contributed by atoms with Crippen LogP contribution in [0.25, 0.3) is 0 Å². The summed E-state index contributed by atoms with van der Waals surface area (Å²) in [6.45, 7) is 0. The molecule has 0 saturated heterocycles. The summed E-state index contributed by atoms with van der Waals surface area (Å²) >= 11 is 0. The van der Waals surface area contributed by atoms with Crippen LogP contribution in [0.3, 0.4) is 0 Å². The van der Waals surface area contributed by atoms with E-state index in [-0.39, 0.29) is 16.9 Å². The molecule has 9 heteroatoms. The number of nitrogens with two attached hydrogens (primary N) is 1. The lowest BCUT2D eigenvalue weighted by Crippen LogP contribution is -2.17. The van der Waals surface area contributed by atoms with Gasteiger partial charge in [-0.25, -0.2) is 13.2 Å². The molecule has 0 saturated carbocycles. The van der Waals surface area contributed by atoms with Crippen molar-refractivity contribution < 1.29 is 18.3 Å². The lowest BCUT2D eigenvalue weighted by Gasteiger charge is -2.09. The number of carboxylic acid groups (broad SMARTS) is 1. The molecule has 0 amide bonds. The van der Waals surface area contributed by atoms with Crippen molar-refractivity contribution in [1.82, 2.24) is 10.2 Å². The van der Waals surface area contributed by atoms with E-state index >= 15 is 0 Å². The van der Waals surface area contributed by atoms with Gasteiger partial charge in [0.2, 0.25) is 0 Å². The molecule has 0 fully saturated rings. The number of nitrogens with one attached hydrogen (secondary N) is 2. The van der Waals surface area contributed by atoms with E-state index in [0.29, 0.717) is 0 Å². The molecular weight excluding hydrogens is 272 g/mol. The Morgan fingerprint density at radius 2 is 2.16 bits per heavy atom. The van der Waals surface area contributed by atoms with Crippen LogP contribution in [0.2, 0.25) is 0 Å². The average molecular weight is 282 g/mol. The van der Waals surface area contributed by atoms with Crippen molar-refractivity contribution >= 4 is 27.4 Å². The van der Waals surface area contributed by atoms with Gasteiger partial charge in [0.15, 0.2) is 0 Å². The molecule has 0 aliphatic carbocycles. The summed E-state index contributed by atoms with van der Waals surface area (Å²) in [5.74, 6) is -1.35. The van der Waals surface area contributed by atoms with Gasteiger partial charge in [-0.05, 0) is 18.2 Å². The maximum atomic E-state index is 12.1. The molecule has 0 radical (unpaired) electrons. The van der Waals surface area contributed by atoms with Gasteiger partial charge in [-0.2, -0.15) is 5.10 Å². The quantitative estimate of drug-likeness (QED) is 0.602. The van der Waals surface area contributed by atoms with Gasteiger partial charge < -0.3 is 10.8 Å². The number of hydrogen-bond acceptors (Lipinski definition) is 5. The molecule has 5 N–H and O–H groups in total. The molecule has 0 atom stereocenters. The highest BCUT2D eigenvalue weighted by Gasteiger charge is 2.23. The lowest BCUT2D eigenvalue weighted by atomic mass is 10.2. The Hall–Kier alpha value is -2.55. The van der Waals surface area contributed by atoms with Crippen LogP contribution in [0.5, 0.6) is 0 Å². The van der Waals surface area contributed by atoms with E-state index in [1.807, 2.05) is 0 Å². The first-order valence-electron chi connectivity index (χ1n) is 5.04. The third-order valence-corrected chi connectivity index (χ3v) is 3.70. The van der Waals surface area contributed by atoms with Crippen molar-refractivity contribution in [3.8, 4) is 0 Å². The molecule has 8 nitrogen and oxygen atoms in total. The Balaban J connectivity index is 2.50. The van der Waals surface area contributed by atoms with Crippen LogP contribution in [0.4, 0.5) is 11.4 Å². The van der Waals surface area contributed by atoms with Crippen molar-refractivity contribution in [2.24, 2.45) is 0 Å². The molecular formula is C10H10N4O4S. The number of carboxylic acids is 1. The molecule has 0 spiro atoms. The van der Waals surface area contributed by atoms with Gasteiger partial charge in [-0.3, -0.25) is 9.82 Å². The second-order valence-corrected chi connectivity index (χ2v) is 5.30. The van der Waals surface area contributed by atoms with E-state index in [2.05, 4.69) is 14.9 Å². The van der Waals surface area contributed by atoms with Gasteiger partial charge in [-0.15, -0.1) is 0 Å². The Kier molecular flexibility index (Phi) is 3.13. The predicted molar refractivity (Wildman–Crippen MR) is 67.2 cm³/mol. The van der Waals surface area contributed by atoms with Gasteiger partial charge in [0.1, 0.15) is 4.90 Å². The van der Waals surface area contributed by atoms with E-state index < -0.39 is 20.9 Å². The highest BCUT2D eigenvalue weighted by molar-refractivity contribution is 7.92. The summed E-state index contributed by atoms with van der Waals surface area (Å²) in [5, 5.41) is 15.0. The van der Waals surface area contributed by atoms with E-state index in [4.69, 9.17) is 10.8 Å². The number of H-pyrrole nitrogens is 1. The molecule has 1 heterocycles. The molecule has 1 aromatic carbocycles. The number of nitrogen functional groups attached to an aromatic ring is 1. The fourth-order valence-electron chi connectivity index (χ4n) is 1.45. The molecule has 19 heavy (non-hydrogen) atoms. The van der Waals surface area contributed by atoms with Crippen LogP contribution in [0, 0.1) is 0 Å². The van der Waals surface area contributed by atoms with Crippen molar-refractivity contribution in [3.05, 3.63) is 36.2 Å². The highest BCUT2D eigenvalue weighted by Crippen LogP contribution is 2.21. The normalized spacial score (nSPS) is 11.2. The van der Waals surface area contributed by atoms with Crippen LogP contribution >= 0.6 is 0 Å².